The van der Waals surface area contributed by atoms with Crippen LogP contribution in [0.2, 0.25) is 0 Å². The first kappa shape index (κ1) is 13.2. The average Bonchev–Trinajstić information content (AvgIpc) is 2.50. The van der Waals surface area contributed by atoms with E-state index in [0.29, 0.717) is 11.3 Å². The van der Waals surface area contributed by atoms with Gasteiger partial charge in [0.05, 0.1) is 17.3 Å². The van der Waals surface area contributed by atoms with Crippen LogP contribution in [0.1, 0.15) is 25.8 Å². The summed E-state index contributed by atoms with van der Waals surface area (Å²) in [6, 6.07) is 6.68. The van der Waals surface area contributed by atoms with Crippen LogP contribution in [-0.2, 0) is 0 Å². The molecule has 1 heterocycles. The highest BCUT2D eigenvalue weighted by Gasteiger charge is 2.24. The third kappa shape index (κ3) is 2.97. The van der Waals surface area contributed by atoms with Crippen molar-refractivity contribution in [2.45, 2.75) is 25.0 Å². The van der Waals surface area contributed by atoms with E-state index in [1.165, 1.54) is 6.07 Å². The van der Waals surface area contributed by atoms with Gasteiger partial charge in [-0.15, -0.1) is 0 Å². The predicted octanol–water partition coefficient (Wildman–Crippen LogP) is 3.42. The van der Waals surface area contributed by atoms with E-state index < -0.39 is 0 Å². The molecular formula is C14H17FN2S. The Morgan fingerprint density at radius 2 is 2.17 bits per heavy atom. The number of halogens is 1. The van der Waals surface area contributed by atoms with E-state index in [-0.39, 0.29) is 10.6 Å². The predicted molar refractivity (Wildman–Crippen MR) is 74.5 cm³/mol. The first-order valence-corrected chi connectivity index (χ1v) is 7.09. The van der Waals surface area contributed by atoms with Crippen LogP contribution < -0.4 is 4.90 Å². The van der Waals surface area contributed by atoms with Gasteiger partial charge in [-0.1, -0.05) is 13.8 Å². The highest BCUT2D eigenvalue weighted by molar-refractivity contribution is 8.00. The molecule has 0 spiro atoms. The van der Waals surface area contributed by atoms with Gasteiger partial charge in [-0.2, -0.15) is 17.0 Å². The molecule has 18 heavy (non-hydrogen) atoms. The van der Waals surface area contributed by atoms with Crippen molar-refractivity contribution in [2.24, 2.45) is 0 Å². The van der Waals surface area contributed by atoms with Gasteiger partial charge in [0.25, 0.3) is 0 Å². The number of nitrogens with zero attached hydrogens (tertiary/aromatic N) is 2. The van der Waals surface area contributed by atoms with Crippen LogP contribution in [0.4, 0.5) is 10.1 Å². The summed E-state index contributed by atoms with van der Waals surface area (Å²) < 4.78 is 14.2. The molecule has 0 radical (unpaired) electrons. The second-order valence-corrected chi connectivity index (χ2v) is 6.93. The van der Waals surface area contributed by atoms with Crippen molar-refractivity contribution >= 4 is 17.4 Å². The first-order chi connectivity index (χ1) is 8.52. The van der Waals surface area contributed by atoms with Crippen molar-refractivity contribution in [1.82, 2.24) is 0 Å². The Kier molecular flexibility index (Phi) is 3.82. The van der Waals surface area contributed by atoms with E-state index in [2.05, 4.69) is 18.7 Å². The number of benzene rings is 1. The van der Waals surface area contributed by atoms with E-state index in [4.69, 9.17) is 5.26 Å². The first-order valence-electron chi connectivity index (χ1n) is 6.10. The third-order valence-electron chi connectivity index (χ3n) is 3.26. The molecule has 96 valence electrons. The topological polar surface area (TPSA) is 27.0 Å². The molecule has 1 aliphatic heterocycles. The number of thioether (sulfide) groups is 1. The lowest BCUT2D eigenvalue weighted by atomic mass is 10.1. The summed E-state index contributed by atoms with van der Waals surface area (Å²) in [5.41, 5.74) is 0.994. The fourth-order valence-electron chi connectivity index (χ4n) is 2.09. The molecule has 0 N–H and O–H groups in total. The quantitative estimate of drug-likeness (QED) is 0.777. The lowest BCUT2D eigenvalue weighted by Gasteiger charge is -2.24. The molecule has 1 aliphatic rings. The van der Waals surface area contributed by atoms with Crippen LogP contribution in [0.3, 0.4) is 0 Å². The normalized spacial score (nSPS) is 19.1. The Labute approximate surface area is 112 Å². The highest BCUT2D eigenvalue weighted by atomic mass is 32.2. The minimum absolute atomic E-state index is 0.262. The Morgan fingerprint density at radius 1 is 1.39 bits per heavy atom. The maximum atomic E-state index is 13.9. The molecule has 0 aliphatic carbocycles. The Morgan fingerprint density at radius 3 is 2.83 bits per heavy atom. The highest BCUT2D eigenvalue weighted by Crippen LogP contribution is 2.33. The van der Waals surface area contributed by atoms with Crippen LogP contribution in [-0.4, -0.2) is 23.6 Å². The molecular weight excluding hydrogens is 247 g/mol. The molecule has 1 fully saturated rings. The molecule has 1 aromatic carbocycles. The zero-order valence-corrected chi connectivity index (χ0v) is 11.6. The number of nitriles is 1. The SMILES string of the molecule is CC1(C)CCN(c2ccc(C#N)cc2F)CCS1. The zero-order chi connectivity index (χ0) is 13.2. The minimum atomic E-state index is -0.293. The number of rotatable bonds is 1. The second-order valence-electron chi connectivity index (χ2n) is 5.12. The van der Waals surface area contributed by atoms with Crippen LogP contribution in [0.15, 0.2) is 18.2 Å². The molecule has 1 aromatic rings. The van der Waals surface area contributed by atoms with Crippen molar-refractivity contribution in [3.63, 3.8) is 0 Å². The van der Waals surface area contributed by atoms with Gasteiger partial charge in [0, 0.05) is 23.6 Å². The summed E-state index contributed by atoms with van der Waals surface area (Å²) in [5.74, 6) is 0.714. The van der Waals surface area contributed by atoms with Gasteiger partial charge in [-0.05, 0) is 24.6 Å². The molecule has 0 atom stereocenters. The summed E-state index contributed by atoms with van der Waals surface area (Å²) in [6.07, 6.45) is 1.04. The van der Waals surface area contributed by atoms with Crippen molar-refractivity contribution in [1.29, 1.82) is 5.26 Å². The average molecular weight is 264 g/mol. The minimum Gasteiger partial charge on any atom is -0.368 e. The summed E-state index contributed by atoms with van der Waals surface area (Å²) in [5, 5.41) is 8.74. The molecule has 1 saturated heterocycles. The van der Waals surface area contributed by atoms with Gasteiger partial charge < -0.3 is 4.90 Å². The van der Waals surface area contributed by atoms with Gasteiger partial charge in [0.15, 0.2) is 0 Å². The van der Waals surface area contributed by atoms with E-state index in [1.54, 1.807) is 12.1 Å². The van der Waals surface area contributed by atoms with Crippen LogP contribution in [0.5, 0.6) is 0 Å². The van der Waals surface area contributed by atoms with E-state index in [9.17, 15) is 4.39 Å². The summed E-state index contributed by atoms with van der Waals surface area (Å²) in [4.78, 5) is 2.08. The van der Waals surface area contributed by atoms with Gasteiger partial charge in [0.2, 0.25) is 0 Å². The van der Waals surface area contributed by atoms with Crippen molar-refractivity contribution in [3.8, 4) is 6.07 Å². The summed E-state index contributed by atoms with van der Waals surface area (Å²) >= 11 is 1.94. The molecule has 0 amide bonds. The largest absolute Gasteiger partial charge is 0.368 e. The van der Waals surface area contributed by atoms with Crippen LogP contribution in [0, 0.1) is 17.1 Å². The van der Waals surface area contributed by atoms with Gasteiger partial charge >= 0.3 is 0 Å². The molecule has 0 unspecified atom stereocenters. The molecule has 0 bridgehead atoms. The van der Waals surface area contributed by atoms with Crippen molar-refractivity contribution < 1.29 is 4.39 Å². The van der Waals surface area contributed by atoms with Crippen molar-refractivity contribution in [3.05, 3.63) is 29.6 Å². The second kappa shape index (κ2) is 5.19. The Balaban J connectivity index is 2.19. The fourth-order valence-corrected chi connectivity index (χ4v) is 3.19. The van der Waals surface area contributed by atoms with E-state index >= 15 is 0 Å². The standard InChI is InChI=1S/C14H17FN2S/c1-14(2)5-6-17(7-8-18-14)13-4-3-11(10-16)9-12(13)15/h3-4,9H,5-8H2,1-2H3. The fraction of sp³-hybridized carbons (Fsp3) is 0.500. The zero-order valence-electron chi connectivity index (χ0n) is 10.7. The maximum absolute atomic E-state index is 13.9. The molecule has 0 aromatic heterocycles. The number of hydrogen-bond acceptors (Lipinski definition) is 3. The monoisotopic (exact) mass is 264 g/mol. The lowest BCUT2D eigenvalue weighted by Crippen LogP contribution is -2.27. The molecule has 2 rings (SSSR count). The Hall–Kier alpha value is -1.21. The number of anilines is 1. The van der Waals surface area contributed by atoms with Gasteiger partial charge in [-0.3, -0.25) is 0 Å². The molecule has 0 saturated carbocycles. The van der Waals surface area contributed by atoms with Gasteiger partial charge in [-0.25, -0.2) is 4.39 Å². The summed E-state index contributed by atoms with van der Waals surface area (Å²) in [6.45, 7) is 6.19. The van der Waals surface area contributed by atoms with E-state index in [1.807, 2.05) is 17.8 Å². The lowest BCUT2D eigenvalue weighted by molar-refractivity contribution is 0.602. The molecule has 4 heteroatoms. The van der Waals surface area contributed by atoms with Crippen LogP contribution >= 0.6 is 11.8 Å². The van der Waals surface area contributed by atoms with Crippen LogP contribution in [0.25, 0.3) is 0 Å². The summed E-state index contributed by atoms with van der Waals surface area (Å²) in [7, 11) is 0. The molecule has 2 nitrogen and oxygen atoms in total. The number of hydrogen-bond donors (Lipinski definition) is 0. The van der Waals surface area contributed by atoms with E-state index in [0.717, 1.165) is 25.3 Å². The third-order valence-corrected chi connectivity index (χ3v) is 4.63. The maximum Gasteiger partial charge on any atom is 0.147 e. The van der Waals surface area contributed by atoms with Gasteiger partial charge in [0.1, 0.15) is 5.82 Å². The van der Waals surface area contributed by atoms with Crippen molar-refractivity contribution in [2.75, 3.05) is 23.7 Å². The Bertz CT molecular complexity index is 479. The smallest absolute Gasteiger partial charge is 0.147 e.